The van der Waals surface area contributed by atoms with Crippen LogP contribution in [0.2, 0.25) is 0 Å². The molecule has 1 atom stereocenters. The van der Waals surface area contributed by atoms with Gasteiger partial charge in [0.05, 0.1) is 6.20 Å². The Kier molecular flexibility index (Phi) is 4.61. The lowest BCUT2D eigenvalue weighted by Crippen LogP contribution is -2.36. The van der Waals surface area contributed by atoms with Gasteiger partial charge in [-0.3, -0.25) is 4.79 Å². The van der Waals surface area contributed by atoms with Crippen LogP contribution < -0.4 is 0 Å². The largest absolute Gasteiger partial charge is 0.335 e. The number of nitrogens with zero attached hydrogens (tertiary/aromatic N) is 2. The fraction of sp³-hybridized carbons (Fsp3) is 0.238. The number of rotatable bonds is 4. The van der Waals surface area contributed by atoms with E-state index >= 15 is 0 Å². The van der Waals surface area contributed by atoms with Crippen molar-refractivity contribution < 1.29 is 4.79 Å². The molecular formula is C21H20N2OS. The van der Waals surface area contributed by atoms with Crippen LogP contribution in [0, 0.1) is 0 Å². The fourth-order valence-electron chi connectivity index (χ4n) is 3.43. The van der Waals surface area contributed by atoms with Crippen LogP contribution >= 0.6 is 11.3 Å². The first kappa shape index (κ1) is 16.0. The lowest BCUT2D eigenvalue weighted by molar-refractivity contribution is 0.0741. The van der Waals surface area contributed by atoms with E-state index in [1.165, 1.54) is 16.9 Å². The number of aromatic nitrogens is 1. The standard InChI is InChI=1S/C21H20N2OS/c24-21(19-15-22-20(25-19)17-10-5-2-6-11-17)23-13-7-12-18(23)14-16-8-3-1-4-9-16/h1-6,8-11,15,18H,7,12-14H2/t18-/m1/s1. The van der Waals surface area contributed by atoms with Gasteiger partial charge >= 0.3 is 0 Å². The van der Waals surface area contributed by atoms with Crippen molar-refractivity contribution in [1.29, 1.82) is 0 Å². The zero-order chi connectivity index (χ0) is 17.1. The molecule has 2 heterocycles. The van der Waals surface area contributed by atoms with E-state index in [0.717, 1.165) is 41.3 Å². The Hall–Kier alpha value is -2.46. The normalized spacial score (nSPS) is 17.0. The van der Waals surface area contributed by atoms with Gasteiger partial charge in [-0.25, -0.2) is 4.98 Å². The molecule has 126 valence electrons. The van der Waals surface area contributed by atoms with E-state index in [1.54, 1.807) is 6.20 Å². The molecule has 0 unspecified atom stereocenters. The molecule has 0 radical (unpaired) electrons. The van der Waals surface area contributed by atoms with Crippen molar-refractivity contribution in [2.75, 3.05) is 6.54 Å². The Bertz CT molecular complexity index is 845. The van der Waals surface area contributed by atoms with E-state index in [0.29, 0.717) is 0 Å². The number of hydrogen-bond acceptors (Lipinski definition) is 3. The second-order valence-electron chi connectivity index (χ2n) is 6.38. The van der Waals surface area contributed by atoms with Gasteiger partial charge in [0.15, 0.2) is 0 Å². The molecule has 3 nitrogen and oxygen atoms in total. The molecule has 25 heavy (non-hydrogen) atoms. The van der Waals surface area contributed by atoms with Gasteiger partial charge in [-0.05, 0) is 24.8 Å². The van der Waals surface area contributed by atoms with Gasteiger partial charge in [-0.2, -0.15) is 0 Å². The third-order valence-corrected chi connectivity index (χ3v) is 5.72. The first-order chi connectivity index (χ1) is 12.3. The summed E-state index contributed by atoms with van der Waals surface area (Å²) in [4.78, 5) is 20.2. The molecule has 2 aromatic carbocycles. The van der Waals surface area contributed by atoms with Gasteiger partial charge in [0.1, 0.15) is 9.88 Å². The monoisotopic (exact) mass is 348 g/mol. The summed E-state index contributed by atoms with van der Waals surface area (Å²) in [5.74, 6) is 0.123. The van der Waals surface area contributed by atoms with Crippen LogP contribution in [0.4, 0.5) is 0 Å². The van der Waals surface area contributed by atoms with Gasteiger partial charge in [0.2, 0.25) is 0 Å². The summed E-state index contributed by atoms with van der Waals surface area (Å²) in [6.45, 7) is 0.842. The zero-order valence-electron chi connectivity index (χ0n) is 14.0. The molecule has 1 aliphatic heterocycles. The lowest BCUT2D eigenvalue weighted by Gasteiger charge is -2.24. The average molecular weight is 348 g/mol. The molecule has 4 heteroatoms. The van der Waals surface area contributed by atoms with Crippen LogP contribution in [0.3, 0.4) is 0 Å². The van der Waals surface area contributed by atoms with Gasteiger partial charge in [-0.15, -0.1) is 11.3 Å². The first-order valence-electron chi connectivity index (χ1n) is 8.67. The number of carbonyl (C=O) groups excluding carboxylic acids is 1. The summed E-state index contributed by atoms with van der Waals surface area (Å²) in [5.41, 5.74) is 2.36. The molecule has 1 amide bonds. The molecule has 0 aliphatic carbocycles. The van der Waals surface area contributed by atoms with Gasteiger partial charge < -0.3 is 4.90 Å². The molecule has 4 rings (SSSR count). The summed E-state index contributed by atoms with van der Waals surface area (Å²) < 4.78 is 0. The Balaban J connectivity index is 1.51. The SMILES string of the molecule is O=C(c1cnc(-c2ccccc2)s1)N1CCC[C@@H]1Cc1ccccc1. The van der Waals surface area contributed by atoms with Crippen molar-refractivity contribution in [2.45, 2.75) is 25.3 Å². The summed E-state index contributed by atoms with van der Waals surface area (Å²) in [6.07, 6.45) is 4.81. The highest BCUT2D eigenvalue weighted by molar-refractivity contribution is 7.16. The predicted molar refractivity (Wildman–Crippen MR) is 102 cm³/mol. The van der Waals surface area contributed by atoms with E-state index < -0.39 is 0 Å². The van der Waals surface area contributed by atoms with Crippen LogP contribution in [0.1, 0.15) is 28.1 Å². The molecule has 1 fully saturated rings. The fourth-order valence-corrected chi connectivity index (χ4v) is 4.31. The Labute approximate surface area is 152 Å². The van der Waals surface area contributed by atoms with Gasteiger partial charge in [-0.1, -0.05) is 60.7 Å². The van der Waals surface area contributed by atoms with E-state index in [2.05, 4.69) is 29.2 Å². The molecule has 1 aliphatic rings. The Morgan fingerprint density at radius 1 is 1.08 bits per heavy atom. The maximum atomic E-state index is 13.0. The van der Waals surface area contributed by atoms with Crippen molar-refractivity contribution in [2.24, 2.45) is 0 Å². The van der Waals surface area contributed by atoms with E-state index in [9.17, 15) is 4.79 Å². The molecule has 3 aromatic rings. The van der Waals surface area contributed by atoms with Crippen molar-refractivity contribution in [1.82, 2.24) is 9.88 Å². The number of benzene rings is 2. The van der Waals surface area contributed by atoms with E-state index in [4.69, 9.17) is 0 Å². The van der Waals surface area contributed by atoms with Crippen molar-refractivity contribution in [3.63, 3.8) is 0 Å². The molecule has 0 saturated carbocycles. The number of hydrogen-bond donors (Lipinski definition) is 0. The molecule has 0 spiro atoms. The van der Waals surface area contributed by atoms with Crippen LogP contribution in [-0.2, 0) is 6.42 Å². The third-order valence-electron chi connectivity index (χ3n) is 4.69. The Morgan fingerprint density at radius 2 is 1.80 bits per heavy atom. The highest BCUT2D eigenvalue weighted by Crippen LogP contribution is 2.29. The Morgan fingerprint density at radius 3 is 2.56 bits per heavy atom. The average Bonchev–Trinajstić information content (AvgIpc) is 3.32. The first-order valence-corrected chi connectivity index (χ1v) is 9.49. The second-order valence-corrected chi connectivity index (χ2v) is 7.41. The minimum atomic E-state index is 0.123. The smallest absolute Gasteiger partial charge is 0.265 e. The zero-order valence-corrected chi connectivity index (χ0v) is 14.8. The lowest BCUT2D eigenvalue weighted by atomic mass is 10.0. The van der Waals surface area contributed by atoms with E-state index in [-0.39, 0.29) is 11.9 Å². The maximum absolute atomic E-state index is 13.0. The van der Waals surface area contributed by atoms with Crippen LogP contribution in [0.5, 0.6) is 0 Å². The number of likely N-dealkylation sites (tertiary alicyclic amines) is 1. The van der Waals surface area contributed by atoms with Crippen molar-refractivity contribution in [3.8, 4) is 10.6 Å². The predicted octanol–water partition coefficient (Wildman–Crippen LogP) is 4.66. The number of thiazole rings is 1. The van der Waals surface area contributed by atoms with Crippen LogP contribution in [0.15, 0.2) is 66.9 Å². The maximum Gasteiger partial charge on any atom is 0.265 e. The summed E-state index contributed by atoms with van der Waals surface area (Å²) in [5, 5.41) is 0.905. The minimum Gasteiger partial charge on any atom is -0.335 e. The van der Waals surface area contributed by atoms with Crippen molar-refractivity contribution >= 4 is 17.2 Å². The molecule has 0 N–H and O–H groups in total. The summed E-state index contributed by atoms with van der Waals surface area (Å²) in [6, 6.07) is 20.8. The molecule has 1 saturated heterocycles. The topological polar surface area (TPSA) is 33.2 Å². The van der Waals surface area contributed by atoms with Crippen LogP contribution in [-0.4, -0.2) is 28.4 Å². The summed E-state index contributed by atoms with van der Waals surface area (Å²) in [7, 11) is 0. The third kappa shape index (κ3) is 3.49. The quantitative estimate of drug-likeness (QED) is 0.687. The van der Waals surface area contributed by atoms with Crippen LogP contribution in [0.25, 0.3) is 10.6 Å². The van der Waals surface area contributed by atoms with Gasteiger partial charge in [0.25, 0.3) is 5.91 Å². The highest BCUT2D eigenvalue weighted by atomic mass is 32.1. The second kappa shape index (κ2) is 7.19. The number of amides is 1. The van der Waals surface area contributed by atoms with Gasteiger partial charge in [0, 0.05) is 18.2 Å². The van der Waals surface area contributed by atoms with Crippen molar-refractivity contribution in [3.05, 3.63) is 77.3 Å². The van der Waals surface area contributed by atoms with E-state index in [1.807, 2.05) is 41.3 Å². The minimum absolute atomic E-state index is 0.123. The molecular weight excluding hydrogens is 328 g/mol. The number of carbonyl (C=O) groups is 1. The summed E-state index contributed by atoms with van der Waals surface area (Å²) >= 11 is 1.49. The highest BCUT2D eigenvalue weighted by Gasteiger charge is 2.30. The molecule has 1 aromatic heterocycles. The molecule has 0 bridgehead atoms.